The predicted octanol–water partition coefficient (Wildman–Crippen LogP) is 4.45. The van der Waals surface area contributed by atoms with Crippen molar-refractivity contribution >= 4 is 17.5 Å². The molecule has 6 nitrogen and oxygen atoms in total. The van der Waals surface area contributed by atoms with E-state index in [1.54, 1.807) is 48.8 Å². The second kappa shape index (κ2) is 10.1. The zero-order valence-corrected chi connectivity index (χ0v) is 17.7. The monoisotopic (exact) mass is 432 g/mol. The average Bonchev–Trinajstić information content (AvgIpc) is 2.83. The number of halogens is 1. The number of carbonyl (C=O) groups excluding carboxylic acids is 2. The number of nitrogens with zero attached hydrogens (tertiary/aromatic N) is 3. The maximum atomic E-state index is 14.2. The lowest BCUT2D eigenvalue weighted by molar-refractivity contribution is -0.123. The summed E-state index contributed by atoms with van der Waals surface area (Å²) in [5.74, 6) is -1.30. The summed E-state index contributed by atoms with van der Waals surface area (Å²) in [5, 5.41) is 3.12. The van der Waals surface area contributed by atoms with Crippen LogP contribution in [-0.2, 0) is 4.79 Å². The molecule has 164 valence electrons. The van der Waals surface area contributed by atoms with Gasteiger partial charge in [0.2, 0.25) is 5.91 Å². The number of amides is 2. The highest BCUT2D eigenvalue weighted by Crippen LogP contribution is 2.30. The van der Waals surface area contributed by atoms with Crippen LogP contribution >= 0.6 is 0 Å². The quantitative estimate of drug-likeness (QED) is 0.624. The minimum Gasteiger partial charge on any atom is -0.351 e. The van der Waals surface area contributed by atoms with E-state index in [1.165, 1.54) is 29.3 Å². The molecule has 32 heavy (non-hydrogen) atoms. The molecule has 0 unspecified atom stereocenters. The molecule has 4 rings (SSSR count). The Morgan fingerprint density at radius 2 is 1.75 bits per heavy atom. The van der Waals surface area contributed by atoms with E-state index in [0.717, 1.165) is 32.1 Å². The van der Waals surface area contributed by atoms with Gasteiger partial charge in [0.15, 0.2) is 0 Å². The van der Waals surface area contributed by atoms with Crippen LogP contribution in [0.1, 0.15) is 54.2 Å². The first-order chi connectivity index (χ1) is 15.6. The molecule has 1 N–H and O–H groups in total. The number of carbonyl (C=O) groups is 2. The zero-order valence-electron chi connectivity index (χ0n) is 17.7. The molecule has 1 atom stereocenters. The molecule has 7 heteroatoms. The Morgan fingerprint density at radius 3 is 2.44 bits per heavy atom. The summed E-state index contributed by atoms with van der Waals surface area (Å²) >= 11 is 0. The fourth-order valence-electron chi connectivity index (χ4n) is 4.11. The average molecular weight is 432 g/mol. The van der Waals surface area contributed by atoms with Crippen molar-refractivity contribution in [2.45, 2.75) is 44.2 Å². The van der Waals surface area contributed by atoms with Gasteiger partial charge in [0.25, 0.3) is 5.91 Å². The minimum absolute atomic E-state index is 0.0555. The van der Waals surface area contributed by atoms with Crippen LogP contribution in [0.3, 0.4) is 0 Å². The molecular weight excluding hydrogens is 407 g/mol. The molecule has 2 amide bonds. The third-order valence-electron chi connectivity index (χ3n) is 5.67. The molecule has 1 fully saturated rings. The number of rotatable bonds is 6. The molecule has 0 saturated heterocycles. The van der Waals surface area contributed by atoms with Crippen molar-refractivity contribution in [3.8, 4) is 0 Å². The summed E-state index contributed by atoms with van der Waals surface area (Å²) in [7, 11) is 0. The van der Waals surface area contributed by atoms with Crippen molar-refractivity contribution in [3.63, 3.8) is 0 Å². The van der Waals surface area contributed by atoms with Gasteiger partial charge in [0, 0.05) is 30.3 Å². The fraction of sp³-hybridized carbons (Fsp3) is 0.280. The number of hydrogen-bond acceptors (Lipinski definition) is 4. The third kappa shape index (κ3) is 4.99. The van der Waals surface area contributed by atoms with Gasteiger partial charge >= 0.3 is 0 Å². The Kier molecular flexibility index (Phi) is 6.84. The van der Waals surface area contributed by atoms with Crippen molar-refractivity contribution in [2.75, 3.05) is 4.90 Å². The van der Waals surface area contributed by atoms with Crippen LogP contribution in [-0.4, -0.2) is 27.8 Å². The summed E-state index contributed by atoms with van der Waals surface area (Å²) in [6.07, 6.45) is 9.76. The van der Waals surface area contributed by atoms with Crippen molar-refractivity contribution in [1.29, 1.82) is 0 Å². The second-order valence-electron chi connectivity index (χ2n) is 7.90. The van der Waals surface area contributed by atoms with Gasteiger partial charge in [-0.2, -0.15) is 0 Å². The van der Waals surface area contributed by atoms with Crippen LogP contribution in [0.5, 0.6) is 0 Å². The number of pyridine rings is 2. The molecule has 0 spiro atoms. The van der Waals surface area contributed by atoms with Crippen LogP contribution < -0.4 is 10.2 Å². The molecule has 3 aromatic rings. The predicted molar refractivity (Wildman–Crippen MR) is 119 cm³/mol. The number of nitrogens with one attached hydrogen (secondary N) is 1. The van der Waals surface area contributed by atoms with Gasteiger partial charge in [-0.25, -0.2) is 4.39 Å². The van der Waals surface area contributed by atoms with Crippen molar-refractivity contribution in [3.05, 3.63) is 90.3 Å². The van der Waals surface area contributed by atoms with Gasteiger partial charge in [0.1, 0.15) is 17.6 Å². The summed E-state index contributed by atoms with van der Waals surface area (Å²) in [4.78, 5) is 36.8. The summed E-state index contributed by atoms with van der Waals surface area (Å²) < 4.78 is 14.2. The van der Waals surface area contributed by atoms with Crippen molar-refractivity contribution in [1.82, 2.24) is 15.3 Å². The van der Waals surface area contributed by atoms with Gasteiger partial charge in [0.05, 0.1) is 0 Å². The molecular formula is C25H25FN4O2. The second-order valence-corrected chi connectivity index (χ2v) is 7.90. The first-order valence-electron chi connectivity index (χ1n) is 10.8. The first kappa shape index (κ1) is 21.6. The van der Waals surface area contributed by atoms with E-state index in [1.807, 2.05) is 0 Å². The van der Waals surface area contributed by atoms with Gasteiger partial charge in [-0.15, -0.1) is 0 Å². The van der Waals surface area contributed by atoms with E-state index in [4.69, 9.17) is 0 Å². The highest BCUT2D eigenvalue weighted by molar-refractivity contribution is 6.09. The largest absolute Gasteiger partial charge is 0.351 e. The maximum absolute atomic E-state index is 14.2. The van der Waals surface area contributed by atoms with E-state index in [0.29, 0.717) is 5.56 Å². The molecule has 0 aliphatic heterocycles. The molecule has 1 aromatic carbocycles. The molecule has 1 saturated carbocycles. The van der Waals surface area contributed by atoms with Crippen molar-refractivity contribution < 1.29 is 14.0 Å². The number of hydrogen-bond donors (Lipinski definition) is 1. The van der Waals surface area contributed by atoms with E-state index in [9.17, 15) is 14.0 Å². The summed E-state index contributed by atoms with van der Waals surface area (Å²) in [5.41, 5.74) is 1.03. The maximum Gasteiger partial charge on any atom is 0.277 e. The Balaban J connectivity index is 1.78. The lowest BCUT2D eigenvalue weighted by atomic mass is 9.94. The molecule has 1 aliphatic rings. The molecule has 2 heterocycles. The van der Waals surface area contributed by atoms with E-state index in [-0.39, 0.29) is 23.3 Å². The van der Waals surface area contributed by atoms with Crippen LogP contribution in [0.4, 0.5) is 10.1 Å². The van der Waals surface area contributed by atoms with Crippen LogP contribution in [0, 0.1) is 5.82 Å². The van der Waals surface area contributed by atoms with E-state index < -0.39 is 17.8 Å². The fourth-order valence-corrected chi connectivity index (χ4v) is 4.11. The number of benzene rings is 1. The molecule has 0 radical (unpaired) electrons. The Labute approximate surface area is 186 Å². The topological polar surface area (TPSA) is 75.2 Å². The van der Waals surface area contributed by atoms with Gasteiger partial charge < -0.3 is 5.32 Å². The van der Waals surface area contributed by atoms with Crippen molar-refractivity contribution in [2.24, 2.45) is 0 Å². The SMILES string of the molecule is O=C(NC1CCCCC1)[C@@H](c1ccncc1)N(C(=O)c1ccccn1)c1cccc(F)c1. The summed E-state index contributed by atoms with van der Waals surface area (Å²) in [6, 6.07) is 13.1. The highest BCUT2D eigenvalue weighted by atomic mass is 19.1. The van der Waals surface area contributed by atoms with Gasteiger partial charge in [-0.3, -0.25) is 24.5 Å². The smallest absolute Gasteiger partial charge is 0.277 e. The number of anilines is 1. The Hall–Kier alpha value is -3.61. The standard InChI is InChI=1S/C25H25FN4O2/c26-19-7-6-10-21(17-19)30(25(32)22-11-4-5-14-28-22)23(18-12-15-27-16-13-18)24(31)29-20-8-2-1-3-9-20/h4-7,10-17,20,23H,1-3,8-9H2,(H,29,31)/t23-/m1/s1. The lowest BCUT2D eigenvalue weighted by Crippen LogP contribution is -2.47. The zero-order chi connectivity index (χ0) is 22.3. The minimum atomic E-state index is -1.00. The molecule has 1 aliphatic carbocycles. The normalized spacial score (nSPS) is 15.0. The van der Waals surface area contributed by atoms with Crippen LogP contribution in [0.15, 0.2) is 73.2 Å². The highest BCUT2D eigenvalue weighted by Gasteiger charge is 2.35. The summed E-state index contributed by atoms with van der Waals surface area (Å²) in [6.45, 7) is 0. The Bertz CT molecular complexity index is 1060. The molecule has 2 aromatic heterocycles. The van der Waals surface area contributed by atoms with E-state index in [2.05, 4.69) is 15.3 Å². The Morgan fingerprint density at radius 1 is 0.969 bits per heavy atom. The molecule has 0 bridgehead atoms. The van der Waals surface area contributed by atoms with E-state index >= 15 is 0 Å². The van der Waals surface area contributed by atoms with Crippen LogP contribution in [0.25, 0.3) is 0 Å². The first-order valence-corrected chi connectivity index (χ1v) is 10.8. The van der Waals surface area contributed by atoms with Gasteiger partial charge in [-0.1, -0.05) is 31.4 Å². The lowest BCUT2D eigenvalue weighted by Gasteiger charge is -2.33. The van der Waals surface area contributed by atoms with Crippen LogP contribution in [0.2, 0.25) is 0 Å². The van der Waals surface area contributed by atoms with Gasteiger partial charge in [-0.05, 0) is 60.9 Å². The number of aromatic nitrogens is 2. The third-order valence-corrected chi connectivity index (χ3v) is 5.67.